The molecule has 47 heavy (non-hydrogen) atoms. The number of carbonyl (C=O) groups is 2. The van der Waals surface area contributed by atoms with Crippen LogP contribution in [0.5, 0.6) is 5.75 Å². The molecule has 2 aliphatic carbocycles. The van der Waals surface area contributed by atoms with Crippen LogP contribution in [-0.2, 0) is 26.0 Å². The number of rotatable bonds is 6. The van der Waals surface area contributed by atoms with E-state index in [0.717, 1.165) is 74.5 Å². The largest absolute Gasteiger partial charge is 0.490 e. The van der Waals surface area contributed by atoms with Crippen LogP contribution in [-0.4, -0.2) is 75.7 Å². The topological polar surface area (TPSA) is 77.5 Å². The first-order chi connectivity index (χ1) is 22.4. The van der Waals surface area contributed by atoms with Gasteiger partial charge < -0.3 is 28.7 Å². The van der Waals surface area contributed by atoms with Crippen LogP contribution in [0.15, 0.2) is 48.0 Å². The molecular weight excluding hydrogens is 616 g/mol. The van der Waals surface area contributed by atoms with Gasteiger partial charge in [-0.15, -0.1) is 0 Å². The molecule has 9 heteroatoms. The zero-order valence-corrected chi connectivity index (χ0v) is 29.2. The number of methoxy groups -OCH3 is 1. The van der Waals surface area contributed by atoms with E-state index in [9.17, 15) is 9.59 Å². The third-order valence-corrected chi connectivity index (χ3v) is 10.7. The quantitative estimate of drug-likeness (QED) is 0.233. The Bertz CT molecular complexity index is 1520. The number of esters is 1. The van der Waals surface area contributed by atoms with E-state index in [1.807, 2.05) is 39.0 Å². The van der Waals surface area contributed by atoms with Crippen molar-refractivity contribution in [2.75, 3.05) is 51.9 Å². The molecule has 8 nitrogen and oxygen atoms in total. The number of benzene rings is 2. The average Bonchev–Trinajstić information content (AvgIpc) is 3.17. The fraction of sp³-hybridized carbons (Fsp3) is 0.579. The van der Waals surface area contributed by atoms with E-state index in [1.165, 1.54) is 23.8 Å². The van der Waals surface area contributed by atoms with E-state index in [1.54, 1.807) is 18.0 Å². The third kappa shape index (κ3) is 7.44. The Kier molecular flexibility index (Phi) is 9.82. The van der Waals surface area contributed by atoms with Crippen molar-refractivity contribution in [3.63, 3.8) is 0 Å². The Morgan fingerprint density at radius 3 is 2.72 bits per heavy atom. The van der Waals surface area contributed by atoms with Crippen LogP contribution >= 0.6 is 11.6 Å². The van der Waals surface area contributed by atoms with Gasteiger partial charge in [-0.3, -0.25) is 0 Å². The number of halogens is 1. The van der Waals surface area contributed by atoms with Gasteiger partial charge in [-0.05, 0) is 119 Å². The minimum absolute atomic E-state index is 0.149. The summed E-state index contributed by atoms with van der Waals surface area (Å²) in [5.74, 6) is 1.34. The lowest BCUT2D eigenvalue weighted by atomic mass is 9.67. The first kappa shape index (κ1) is 33.7. The maximum atomic E-state index is 12.6. The fourth-order valence-electron chi connectivity index (χ4n) is 7.85. The average molecular weight is 665 g/mol. The van der Waals surface area contributed by atoms with Crippen LogP contribution in [0.2, 0.25) is 5.02 Å². The van der Waals surface area contributed by atoms with E-state index in [-0.39, 0.29) is 23.6 Å². The summed E-state index contributed by atoms with van der Waals surface area (Å²) in [6, 6.07) is 12.0. The van der Waals surface area contributed by atoms with Gasteiger partial charge in [-0.25, -0.2) is 9.59 Å². The van der Waals surface area contributed by atoms with Crippen molar-refractivity contribution < 1.29 is 28.5 Å². The first-order valence-corrected chi connectivity index (χ1v) is 17.5. The summed E-state index contributed by atoms with van der Waals surface area (Å²) in [6.45, 7) is 9.10. The van der Waals surface area contributed by atoms with Crippen molar-refractivity contribution in [2.45, 2.75) is 82.8 Å². The van der Waals surface area contributed by atoms with Crippen LogP contribution in [0.4, 0.5) is 10.5 Å². The summed E-state index contributed by atoms with van der Waals surface area (Å²) in [5, 5.41) is 0.771. The summed E-state index contributed by atoms with van der Waals surface area (Å²) in [7, 11) is 3.20. The monoisotopic (exact) mass is 664 g/mol. The normalized spacial score (nSPS) is 26.4. The third-order valence-electron chi connectivity index (χ3n) is 10.4. The molecule has 4 aliphatic rings. The van der Waals surface area contributed by atoms with Crippen LogP contribution in [0.25, 0.3) is 0 Å². The molecule has 1 saturated carbocycles. The Balaban J connectivity index is 1.21. The Morgan fingerprint density at radius 1 is 1.15 bits per heavy atom. The van der Waals surface area contributed by atoms with Crippen molar-refractivity contribution in [2.24, 2.45) is 11.8 Å². The minimum Gasteiger partial charge on any atom is -0.490 e. The molecule has 0 radical (unpaired) electrons. The summed E-state index contributed by atoms with van der Waals surface area (Å²) in [4.78, 5) is 29.2. The van der Waals surface area contributed by atoms with Crippen LogP contribution < -0.4 is 9.64 Å². The molecule has 1 spiro atoms. The molecule has 0 N–H and O–H groups in total. The van der Waals surface area contributed by atoms with Gasteiger partial charge in [0.2, 0.25) is 0 Å². The number of hydrogen-bond donors (Lipinski definition) is 0. The van der Waals surface area contributed by atoms with E-state index in [2.05, 4.69) is 23.1 Å². The van der Waals surface area contributed by atoms with Crippen molar-refractivity contribution in [1.29, 1.82) is 0 Å². The lowest BCUT2D eigenvalue weighted by molar-refractivity contribution is -0.0532. The van der Waals surface area contributed by atoms with Gasteiger partial charge in [0, 0.05) is 37.1 Å². The van der Waals surface area contributed by atoms with Gasteiger partial charge >= 0.3 is 12.1 Å². The number of aryl methyl sites for hydroxylation is 1. The second-order valence-electron chi connectivity index (χ2n) is 14.9. The number of amides is 1. The minimum atomic E-state index is -0.518. The molecule has 0 bridgehead atoms. The molecule has 2 heterocycles. The maximum Gasteiger partial charge on any atom is 0.410 e. The molecule has 254 valence electrons. The van der Waals surface area contributed by atoms with E-state index < -0.39 is 5.60 Å². The zero-order chi connectivity index (χ0) is 33.3. The number of fused-ring (bicyclic) bond motifs is 3. The van der Waals surface area contributed by atoms with Crippen LogP contribution in [0.3, 0.4) is 0 Å². The molecule has 2 aromatic carbocycles. The van der Waals surface area contributed by atoms with E-state index in [4.69, 9.17) is 30.5 Å². The fourth-order valence-corrected chi connectivity index (χ4v) is 8.05. The van der Waals surface area contributed by atoms with Crippen LogP contribution in [0, 0.1) is 11.8 Å². The van der Waals surface area contributed by atoms with Gasteiger partial charge in [-0.1, -0.05) is 29.3 Å². The Labute approximate surface area is 284 Å². The number of nitrogens with zero attached hydrogens (tertiary/aromatic N) is 2. The number of hydrogen-bond acceptors (Lipinski definition) is 7. The second kappa shape index (κ2) is 13.7. The molecule has 4 atom stereocenters. The van der Waals surface area contributed by atoms with Crippen molar-refractivity contribution in [3.8, 4) is 5.75 Å². The second-order valence-corrected chi connectivity index (χ2v) is 15.3. The van der Waals surface area contributed by atoms with E-state index in [0.29, 0.717) is 37.2 Å². The SMILES string of the molecule is COC(=O)c1ccc2c(c1)N(C[C@@H]1CC[C@H]1[C@@H]1C/C(=C\CN(C)C(=O)OC(C)(C)C)CCO1)CC1(CCCc3cc(Cl)ccc31)CO2. The zero-order valence-electron chi connectivity index (χ0n) is 28.5. The highest BCUT2D eigenvalue weighted by atomic mass is 35.5. The Morgan fingerprint density at radius 2 is 1.98 bits per heavy atom. The predicted molar refractivity (Wildman–Crippen MR) is 184 cm³/mol. The molecule has 2 fully saturated rings. The van der Waals surface area contributed by atoms with Gasteiger partial charge in [0.15, 0.2) is 0 Å². The molecule has 2 aromatic rings. The number of likely N-dealkylation sites (N-methyl/N-ethyl adjacent to an activating group) is 1. The highest BCUT2D eigenvalue weighted by Gasteiger charge is 2.45. The maximum absolute atomic E-state index is 12.6. The highest BCUT2D eigenvalue weighted by molar-refractivity contribution is 6.30. The van der Waals surface area contributed by atoms with Crippen molar-refractivity contribution in [3.05, 3.63) is 69.8 Å². The van der Waals surface area contributed by atoms with Crippen molar-refractivity contribution >= 4 is 29.4 Å². The summed E-state index contributed by atoms with van der Waals surface area (Å²) >= 11 is 6.44. The molecule has 6 rings (SSSR count). The first-order valence-electron chi connectivity index (χ1n) is 17.1. The Hall–Kier alpha value is -3.23. The van der Waals surface area contributed by atoms with Gasteiger partial charge in [-0.2, -0.15) is 0 Å². The number of ether oxygens (including phenoxy) is 4. The number of carbonyl (C=O) groups excluding carboxylic acids is 2. The summed E-state index contributed by atoms with van der Waals surface area (Å²) in [6.07, 6.45) is 9.18. The lowest BCUT2D eigenvalue weighted by Gasteiger charge is -2.47. The lowest BCUT2D eigenvalue weighted by Crippen LogP contribution is -2.50. The summed E-state index contributed by atoms with van der Waals surface area (Å²) in [5.41, 5.74) is 4.75. The molecule has 0 aromatic heterocycles. The molecule has 2 aliphatic heterocycles. The standard InChI is InChI=1S/C38H49ClN2O6/c1-37(2,3)47-36(43)40(4)17-14-25-15-18-45-34(19-25)30-11-8-28(30)22-41-23-38(16-6-7-26-20-29(39)10-12-31(26)38)24-46-33-13-9-27(21-32(33)41)35(42)44-5/h9-10,12-14,20-21,28,30,34H,6-8,11,15-19,22-24H2,1-5H3/b25-14-/t28-,30+,34-,38?/m0/s1. The van der Waals surface area contributed by atoms with Crippen LogP contribution in [0.1, 0.15) is 80.8 Å². The molecular formula is C38H49ClN2O6. The van der Waals surface area contributed by atoms with E-state index >= 15 is 0 Å². The molecule has 1 amide bonds. The van der Waals surface area contributed by atoms with Gasteiger partial charge in [0.25, 0.3) is 0 Å². The van der Waals surface area contributed by atoms with Gasteiger partial charge in [0.05, 0.1) is 37.7 Å². The highest BCUT2D eigenvalue weighted by Crippen LogP contribution is 2.47. The molecule has 1 unspecified atom stereocenters. The predicted octanol–water partition coefficient (Wildman–Crippen LogP) is 7.60. The summed E-state index contributed by atoms with van der Waals surface area (Å²) < 4.78 is 23.6. The van der Waals surface area contributed by atoms with Gasteiger partial charge in [0.1, 0.15) is 11.4 Å². The van der Waals surface area contributed by atoms with Crippen molar-refractivity contribution in [1.82, 2.24) is 4.90 Å². The smallest absolute Gasteiger partial charge is 0.410 e. The molecule has 1 saturated heterocycles. The number of anilines is 1.